The molecular weight excluding hydrogens is 234 g/mol. The molecule has 2 unspecified atom stereocenters. The van der Waals surface area contributed by atoms with Gasteiger partial charge in [-0.3, -0.25) is 0 Å². The van der Waals surface area contributed by atoms with Crippen molar-refractivity contribution in [3.05, 3.63) is 0 Å². The molecule has 2 aliphatic rings. The third-order valence-corrected chi connectivity index (χ3v) is 5.28. The van der Waals surface area contributed by atoms with Gasteiger partial charge in [-0.1, -0.05) is 39.0 Å². The quantitative estimate of drug-likeness (QED) is 0.818. The first-order valence-corrected chi connectivity index (χ1v) is 8.70. The number of aliphatic hydroxyl groups excluding tert-OH is 1. The molecule has 0 amide bonds. The average Bonchev–Trinajstić information content (AvgIpc) is 2.66. The minimum Gasteiger partial charge on any atom is -0.392 e. The molecule has 2 atom stereocenters. The van der Waals surface area contributed by atoms with Gasteiger partial charge in [0, 0.05) is 6.54 Å². The molecule has 0 radical (unpaired) electrons. The smallest absolute Gasteiger partial charge is 0.0695 e. The van der Waals surface area contributed by atoms with Gasteiger partial charge in [0.2, 0.25) is 0 Å². The van der Waals surface area contributed by atoms with Crippen molar-refractivity contribution in [2.45, 2.75) is 77.2 Å². The van der Waals surface area contributed by atoms with E-state index in [4.69, 9.17) is 0 Å². The summed E-state index contributed by atoms with van der Waals surface area (Å²) in [5, 5.41) is 10.4. The maximum Gasteiger partial charge on any atom is 0.0695 e. The lowest BCUT2D eigenvalue weighted by Gasteiger charge is -2.31. The highest BCUT2D eigenvalue weighted by atomic mass is 16.3. The Kier molecular flexibility index (Phi) is 6.66. The molecule has 0 bridgehead atoms. The Balaban J connectivity index is 1.72. The molecule has 19 heavy (non-hydrogen) atoms. The number of aliphatic hydroxyl groups is 1. The summed E-state index contributed by atoms with van der Waals surface area (Å²) in [6, 6.07) is 0. The summed E-state index contributed by atoms with van der Waals surface area (Å²) in [4.78, 5) is 2.54. The lowest BCUT2D eigenvalue weighted by molar-refractivity contribution is 0.0483. The molecule has 1 aliphatic carbocycles. The largest absolute Gasteiger partial charge is 0.392 e. The fourth-order valence-electron chi connectivity index (χ4n) is 4.04. The summed E-state index contributed by atoms with van der Waals surface area (Å²) in [5.41, 5.74) is 0. The Bertz CT molecular complexity index is 237. The van der Waals surface area contributed by atoms with Gasteiger partial charge in [0.15, 0.2) is 0 Å². The number of nitrogens with zero attached hydrogens (tertiary/aromatic N) is 1. The molecule has 0 aromatic rings. The van der Waals surface area contributed by atoms with Crippen LogP contribution in [0.5, 0.6) is 0 Å². The van der Waals surface area contributed by atoms with Crippen molar-refractivity contribution in [2.75, 3.05) is 19.6 Å². The topological polar surface area (TPSA) is 23.5 Å². The van der Waals surface area contributed by atoms with Crippen LogP contribution in [0, 0.1) is 11.8 Å². The van der Waals surface area contributed by atoms with Gasteiger partial charge in [0.05, 0.1) is 6.10 Å². The number of likely N-dealkylation sites (tertiary alicyclic amines) is 1. The Morgan fingerprint density at radius 1 is 1.00 bits per heavy atom. The molecule has 112 valence electrons. The van der Waals surface area contributed by atoms with Crippen LogP contribution < -0.4 is 0 Å². The second-order valence-corrected chi connectivity index (χ2v) is 6.85. The highest BCUT2D eigenvalue weighted by Crippen LogP contribution is 2.28. The Morgan fingerprint density at radius 3 is 2.53 bits per heavy atom. The molecule has 2 nitrogen and oxygen atoms in total. The standard InChI is InChI=1S/C17H33NO/c1-2-7-15-8-6-12-18(13-11-15)14-17(19)16-9-4-3-5-10-16/h15-17,19H,2-14H2,1H3. The van der Waals surface area contributed by atoms with Crippen LogP contribution >= 0.6 is 0 Å². The molecule has 2 fully saturated rings. The maximum atomic E-state index is 10.4. The van der Waals surface area contributed by atoms with Gasteiger partial charge in [0.25, 0.3) is 0 Å². The highest BCUT2D eigenvalue weighted by molar-refractivity contribution is 4.78. The number of rotatable bonds is 5. The third-order valence-electron chi connectivity index (χ3n) is 5.28. The van der Waals surface area contributed by atoms with Crippen molar-refractivity contribution >= 4 is 0 Å². The van der Waals surface area contributed by atoms with E-state index in [0.717, 1.165) is 12.5 Å². The van der Waals surface area contributed by atoms with E-state index in [1.165, 1.54) is 77.3 Å². The molecule has 0 aromatic heterocycles. The molecule has 1 N–H and O–H groups in total. The van der Waals surface area contributed by atoms with Gasteiger partial charge >= 0.3 is 0 Å². The van der Waals surface area contributed by atoms with Gasteiger partial charge in [-0.15, -0.1) is 0 Å². The second-order valence-electron chi connectivity index (χ2n) is 6.85. The lowest BCUT2D eigenvalue weighted by Crippen LogP contribution is -2.38. The Labute approximate surface area is 119 Å². The Morgan fingerprint density at radius 2 is 1.79 bits per heavy atom. The number of β-amino-alcohol motifs (C(OH)–C–C–N with tert-alkyl or cyclic N) is 1. The van der Waals surface area contributed by atoms with E-state index in [-0.39, 0.29) is 6.10 Å². The van der Waals surface area contributed by atoms with E-state index in [1.54, 1.807) is 0 Å². The SMILES string of the molecule is CCCC1CCCN(CC(O)C2CCCCC2)CC1. The summed E-state index contributed by atoms with van der Waals surface area (Å²) >= 11 is 0. The Hall–Kier alpha value is -0.0800. The predicted octanol–water partition coefficient (Wildman–Crippen LogP) is 3.83. The summed E-state index contributed by atoms with van der Waals surface area (Å²) < 4.78 is 0. The monoisotopic (exact) mass is 267 g/mol. The van der Waals surface area contributed by atoms with Crippen LogP contribution in [0.2, 0.25) is 0 Å². The number of hydrogen-bond acceptors (Lipinski definition) is 2. The summed E-state index contributed by atoms with van der Waals surface area (Å²) in [6.45, 7) is 5.66. The fraction of sp³-hybridized carbons (Fsp3) is 1.00. The van der Waals surface area contributed by atoms with E-state index >= 15 is 0 Å². The molecule has 1 aliphatic heterocycles. The molecule has 1 saturated heterocycles. The van der Waals surface area contributed by atoms with E-state index in [2.05, 4.69) is 11.8 Å². The van der Waals surface area contributed by atoms with Gasteiger partial charge in [-0.2, -0.15) is 0 Å². The van der Waals surface area contributed by atoms with E-state index in [1.807, 2.05) is 0 Å². The second kappa shape index (κ2) is 8.26. The summed E-state index contributed by atoms with van der Waals surface area (Å²) in [5.74, 6) is 1.53. The molecule has 2 rings (SSSR count). The summed E-state index contributed by atoms with van der Waals surface area (Å²) in [6.07, 6.45) is 13.3. The molecule has 1 saturated carbocycles. The van der Waals surface area contributed by atoms with Crippen LogP contribution in [0.25, 0.3) is 0 Å². The van der Waals surface area contributed by atoms with Crippen molar-refractivity contribution in [3.63, 3.8) is 0 Å². The van der Waals surface area contributed by atoms with E-state index in [9.17, 15) is 5.11 Å². The zero-order valence-corrected chi connectivity index (χ0v) is 12.8. The first-order chi connectivity index (χ1) is 9.29. The van der Waals surface area contributed by atoms with E-state index < -0.39 is 0 Å². The average molecular weight is 267 g/mol. The lowest BCUT2D eigenvalue weighted by atomic mass is 9.85. The predicted molar refractivity (Wildman–Crippen MR) is 81.3 cm³/mol. The first-order valence-electron chi connectivity index (χ1n) is 8.70. The molecule has 2 heteroatoms. The molecule has 1 heterocycles. The zero-order chi connectivity index (χ0) is 13.5. The first kappa shape index (κ1) is 15.3. The van der Waals surface area contributed by atoms with Crippen molar-refractivity contribution < 1.29 is 5.11 Å². The van der Waals surface area contributed by atoms with Crippen LogP contribution in [-0.4, -0.2) is 35.7 Å². The van der Waals surface area contributed by atoms with Gasteiger partial charge in [0.1, 0.15) is 0 Å². The zero-order valence-electron chi connectivity index (χ0n) is 12.8. The van der Waals surface area contributed by atoms with Gasteiger partial charge < -0.3 is 10.0 Å². The molecule has 0 spiro atoms. The molecular formula is C17H33NO. The van der Waals surface area contributed by atoms with E-state index in [0.29, 0.717) is 5.92 Å². The van der Waals surface area contributed by atoms with Crippen LogP contribution in [0.3, 0.4) is 0 Å². The van der Waals surface area contributed by atoms with Crippen molar-refractivity contribution in [1.29, 1.82) is 0 Å². The van der Waals surface area contributed by atoms with Crippen molar-refractivity contribution in [3.8, 4) is 0 Å². The summed E-state index contributed by atoms with van der Waals surface area (Å²) in [7, 11) is 0. The van der Waals surface area contributed by atoms with Crippen molar-refractivity contribution in [1.82, 2.24) is 4.90 Å². The fourth-order valence-corrected chi connectivity index (χ4v) is 4.04. The van der Waals surface area contributed by atoms with Crippen molar-refractivity contribution in [2.24, 2.45) is 11.8 Å². The van der Waals surface area contributed by atoms with Crippen LogP contribution in [0.15, 0.2) is 0 Å². The van der Waals surface area contributed by atoms with Crippen LogP contribution in [0.4, 0.5) is 0 Å². The highest BCUT2D eigenvalue weighted by Gasteiger charge is 2.25. The minimum absolute atomic E-state index is 0.0666. The normalized spacial score (nSPS) is 29.1. The number of hydrogen-bond donors (Lipinski definition) is 1. The minimum atomic E-state index is -0.0666. The van der Waals surface area contributed by atoms with Crippen LogP contribution in [0.1, 0.15) is 71.1 Å². The maximum absolute atomic E-state index is 10.4. The van der Waals surface area contributed by atoms with Crippen LogP contribution in [-0.2, 0) is 0 Å². The molecule has 0 aromatic carbocycles. The van der Waals surface area contributed by atoms with Gasteiger partial charge in [-0.05, 0) is 57.0 Å². The third kappa shape index (κ3) is 5.07. The van der Waals surface area contributed by atoms with Gasteiger partial charge in [-0.25, -0.2) is 0 Å².